The Kier molecular flexibility index (Phi) is 11.5. The van der Waals surface area contributed by atoms with E-state index in [9.17, 15) is 28.8 Å². The van der Waals surface area contributed by atoms with Gasteiger partial charge in [0.05, 0.1) is 12.6 Å². The van der Waals surface area contributed by atoms with E-state index in [1.807, 2.05) is 72.7 Å². The summed E-state index contributed by atoms with van der Waals surface area (Å²) in [6, 6.07) is 4.15. The maximum atomic E-state index is 14.1. The Morgan fingerprint density at radius 2 is 1.60 bits per heavy atom. The van der Waals surface area contributed by atoms with E-state index in [0.717, 1.165) is 11.1 Å². The molecule has 5 amide bonds. The second-order valence-corrected chi connectivity index (χ2v) is 15.7. The molecule has 6 atom stereocenters. The van der Waals surface area contributed by atoms with E-state index in [1.165, 1.54) is 11.0 Å². The van der Waals surface area contributed by atoms with Gasteiger partial charge in [-0.25, -0.2) is 4.79 Å². The molecular formula is C36H53N5O7. The number of Topliss-reactive ketones (excluding diaryl/α,β-unsaturated/α-hetero) is 1. The topological polar surface area (TPSA) is 163 Å². The number of hydrogen-bond acceptors (Lipinski definition) is 7. The van der Waals surface area contributed by atoms with Gasteiger partial charge in [0.15, 0.2) is 0 Å². The predicted octanol–water partition coefficient (Wildman–Crippen LogP) is 3.34. The number of nitrogens with zero attached hydrogens (tertiary/aromatic N) is 1. The number of benzene rings is 1. The predicted molar refractivity (Wildman–Crippen MR) is 181 cm³/mol. The Hall–Kier alpha value is -4.22. The molecule has 3 rings (SSSR count). The highest BCUT2D eigenvalue weighted by atomic mass is 16.6. The SMILES string of the molecule is C=CCC(NC(=O)[C@@H]1[C@H]2[C@@H](CN1C(=O)[C@@H](NC(=O)OC(C)(C)C)C(C)(C)C)C2(C)C)C(=O)C(=O)NCC(=O)NC(C)c1ccc(C)cc1. The lowest BCUT2D eigenvalue weighted by Gasteiger charge is -2.38. The first-order valence-corrected chi connectivity index (χ1v) is 16.5. The molecular weight excluding hydrogens is 614 g/mol. The largest absolute Gasteiger partial charge is 0.444 e. The summed E-state index contributed by atoms with van der Waals surface area (Å²) in [6.45, 7) is 21.9. The summed E-state index contributed by atoms with van der Waals surface area (Å²) in [5.41, 5.74) is 0.245. The van der Waals surface area contributed by atoms with Crippen molar-refractivity contribution in [3.05, 3.63) is 48.0 Å². The summed E-state index contributed by atoms with van der Waals surface area (Å²) >= 11 is 0. The number of likely N-dealkylation sites (tertiary alicyclic amines) is 1. The molecule has 2 unspecified atom stereocenters. The molecule has 12 nitrogen and oxygen atoms in total. The van der Waals surface area contributed by atoms with Crippen LogP contribution in [0.25, 0.3) is 0 Å². The fourth-order valence-corrected chi connectivity index (χ4v) is 6.35. The molecule has 1 aromatic carbocycles. The molecule has 264 valence electrons. The highest BCUT2D eigenvalue weighted by molar-refractivity contribution is 6.38. The molecule has 1 saturated heterocycles. The smallest absolute Gasteiger partial charge is 0.408 e. The fourth-order valence-electron chi connectivity index (χ4n) is 6.35. The van der Waals surface area contributed by atoms with Gasteiger partial charge in [-0.05, 0) is 69.3 Å². The number of carbonyl (C=O) groups excluding carboxylic acids is 6. The van der Waals surface area contributed by atoms with Crippen molar-refractivity contribution >= 4 is 35.5 Å². The lowest BCUT2D eigenvalue weighted by Crippen LogP contribution is -2.60. The molecule has 1 heterocycles. The van der Waals surface area contributed by atoms with Crippen LogP contribution in [0.5, 0.6) is 0 Å². The molecule has 0 spiro atoms. The standard InChI is InChI=1S/C36H53N5O7/c1-12-13-24(28(43)31(45)37-18-25(42)38-21(3)22-16-14-20(2)15-17-22)39-30(44)27-26-23(36(26,10)11)19-41(27)32(46)29(34(4,5)6)40-33(47)48-35(7,8)9/h12,14-17,21,23-24,26-27,29H,1,13,18-19H2,2-11H3,(H,37,45)(H,38,42)(H,39,44)(H,40,47)/t21?,23-,24?,26-,27+,29-/m1/s1. The minimum absolute atomic E-state index is 0.0389. The lowest BCUT2D eigenvalue weighted by molar-refractivity contribution is -0.145. The number of hydrogen-bond donors (Lipinski definition) is 4. The van der Waals surface area contributed by atoms with Crippen LogP contribution in [0.4, 0.5) is 4.79 Å². The highest BCUT2D eigenvalue weighted by Crippen LogP contribution is 2.65. The summed E-state index contributed by atoms with van der Waals surface area (Å²) in [4.78, 5) is 80.8. The number of piperidine rings is 1. The molecule has 0 aromatic heterocycles. The third kappa shape index (κ3) is 9.23. The normalized spacial score (nSPS) is 21.5. The van der Waals surface area contributed by atoms with Crippen molar-refractivity contribution in [1.29, 1.82) is 0 Å². The monoisotopic (exact) mass is 667 g/mol. The van der Waals surface area contributed by atoms with E-state index < -0.39 is 71.2 Å². The molecule has 4 N–H and O–H groups in total. The Morgan fingerprint density at radius 1 is 1.00 bits per heavy atom. The third-order valence-corrected chi connectivity index (χ3v) is 9.16. The summed E-state index contributed by atoms with van der Waals surface area (Å²) < 4.78 is 5.41. The number of alkyl carbamates (subject to hydrolysis) is 1. The van der Waals surface area contributed by atoms with Crippen molar-refractivity contribution in [2.75, 3.05) is 13.1 Å². The van der Waals surface area contributed by atoms with E-state index in [4.69, 9.17) is 4.74 Å². The van der Waals surface area contributed by atoms with Crippen molar-refractivity contribution in [1.82, 2.24) is 26.2 Å². The quantitative estimate of drug-likeness (QED) is 0.196. The van der Waals surface area contributed by atoms with E-state index in [0.29, 0.717) is 6.54 Å². The van der Waals surface area contributed by atoms with E-state index >= 15 is 0 Å². The van der Waals surface area contributed by atoms with Crippen molar-refractivity contribution in [3.8, 4) is 0 Å². The van der Waals surface area contributed by atoms with Gasteiger partial charge in [-0.1, -0.05) is 70.5 Å². The first-order chi connectivity index (χ1) is 22.1. The van der Waals surface area contributed by atoms with E-state index in [-0.39, 0.29) is 29.7 Å². The van der Waals surface area contributed by atoms with Gasteiger partial charge in [0.1, 0.15) is 23.7 Å². The number of amides is 5. The number of fused-ring (bicyclic) bond motifs is 1. The molecule has 48 heavy (non-hydrogen) atoms. The average Bonchev–Trinajstić information content (AvgIpc) is 3.28. The molecule has 1 saturated carbocycles. The zero-order valence-electron chi connectivity index (χ0n) is 30.0. The van der Waals surface area contributed by atoms with Crippen LogP contribution in [0, 0.1) is 29.6 Å². The Labute approximate surface area is 284 Å². The van der Waals surface area contributed by atoms with Crippen LogP contribution in [-0.2, 0) is 28.7 Å². The summed E-state index contributed by atoms with van der Waals surface area (Å²) in [6.07, 6.45) is 0.619. The van der Waals surface area contributed by atoms with Crippen LogP contribution in [0.2, 0.25) is 0 Å². The Bertz CT molecular complexity index is 1420. The van der Waals surface area contributed by atoms with Gasteiger partial charge in [0, 0.05) is 6.54 Å². The highest BCUT2D eigenvalue weighted by Gasteiger charge is 2.70. The average molecular weight is 668 g/mol. The number of rotatable bonds is 12. The molecule has 1 aliphatic carbocycles. The number of ether oxygens (including phenoxy) is 1. The summed E-state index contributed by atoms with van der Waals surface area (Å²) in [7, 11) is 0. The number of carbonyl (C=O) groups is 6. The minimum Gasteiger partial charge on any atom is -0.444 e. The van der Waals surface area contributed by atoms with Gasteiger partial charge in [-0.3, -0.25) is 24.0 Å². The second kappa shape index (κ2) is 14.5. The van der Waals surface area contributed by atoms with Crippen LogP contribution < -0.4 is 21.3 Å². The molecule has 2 aliphatic rings. The van der Waals surface area contributed by atoms with Crippen molar-refractivity contribution in [2.45, 2.75) is 105 Å². The fraction of sp³-hybridized carbons (Fsp3) is 0.611. The molecule has 0 bridgehead atoms. The third-order valence-electron chi connectivity index (χ3n) is 9.16. The Balaban J connectivity index is 1.71. The number of nitrogens with one attached hydrogen (secondary N) is 4. The van der Waals surface area contributed by atoms with Gasteiger partial charge >= 0.3 is 6.09 Å². The summed E-state index contributed by atoms with van der Waals surface area (Å²) in [5.74, 6) is -3.61. The Morgan fingerprint density at radius 3 is 2.15 bits per heavy atom. The molecule has 1 aliphatic heterocycles. The van der Waals surface area contributed by atoms with Gasteiger partial charge in [-0.15, -0.1) is 6.58 Å². The maximum absolute atomic E-state index is 14.1. The molecule has 0 radical (unpaired) electrons. The van der Waals surface area contributed by atoms with Crippen LogP contribution in [-0.4, -0.2) is 77.2 Å². The molecule has 2 fully saturated rings. The molecule has 1 aromatic rings. The minimum atomic E-state index is -1.26. The van der Waals surface area contributed by atoms with Gasteiger partial charge in [0.2, 0.25) is 23.5 Å². The van der Waals surface area contributed by atoms with Crippen LogP contribution >= 0.6 is 0 Å². The zero-order chi connectivity index (χ0) is 36.4. The number of ketones is 1. The first kappa shape index (κ1) is 38.2. The summed E-state index contributed by atoms with van der Waals surface area (Å²) in [5, 5.41) is 10.5. The van der Waals surface area contributed by atoms with Crippen molar-refractivity contribution in [3.63, 3.8) is 0 Å². The molecule has 12 heteroatoms. The lowest BCUT2D eigenvalue weighted by atomic mass is 9.85. The maximum Gasteiger partial charge on any atom is 0.408 e. The van der Waals surface area contributed by atoms with Gasteiger partial charge in [0.25, 0.3) is 5.91 Å². The van der Waals surface area contributed by atoms with E-state index in [2.05, 4.69) is 27.8 Å². The van der Waals surface area contributed by atoms with Crippen molar-refractivity contribution < 1.29 is 33.5 Å². The van der Waals surface area contributed by atoms with Crippen LogP contribution in [0.15, 0.2) is 36.9 Å². The van der Waals surface area contributed by atoms with Crippen molar-refractivity contribution in [2.24, 2.45) is 22.7 Å². The second-order valence-electron chi connectivity index (χ2n) is 15.7. The van der Waals surface area contributed by atoms with Crippen LogP contribution in [0.3, 0.4) is 0 Å². The van der Waals surface area contributed by atoms with Gasteiger partial charge in [-0.2, -0.15) is 0 Å². The first-order valence-electron chi connectivity index (χ1n) is 16.5. The number of aryl methyl sites for hydroxylation is 1. The van der Waals surface area contributed by atoms with Crippen LogP contribution in [0.1, 0.15) is 85.9 Å². The van der Waals surface area contributed by atoms with E-state index in [1.54, 1.807) is 20.8 Å². The van der Waals surface area contributed by atoms with Gasteiger partial charge < -0.3 is 30.9 Å². The zero-order valence-corrected chi connectivity index (χ0v) is 30.0.